The predicted molar refractivity (Wildman–Crippen MR) is 102 cm³/mol. The minimum Gasteiger partial charge on any atom is -0.478 e. The van der Waals surface area contributed by atoms with Gasteiger partial charge in [0.1, 0.15) is 5.39 Å². The van der Waals surface area contributed by atoms with E-state index in [-0.39, 0.29) is 5.56 Å². The summed E-state index contributed by atoms with van der Waals surface area (Å²) in [7, 11) is 0. The van der Waals surface area contributed by atoms with E-state index in [1.807, 2.05) is 49.4 Å². The Hall–Kier alpha value is -3.68. The van der Waals surface area contributed by atoms with Crippen LogP contribution in [0, 0.1) is 0 Å². The topological polar surface area (TPSA) is 97.7 Å². The van der Waals surface area contributed by atoms with Gasteiger partial charge in [-0.1, -0.05) is 24.3 Å². The average Bonchev–Trinajstić information content (AvgIpc) is 3.13. The lowest BCUT2D eigenvalue weighted by Crippen LogP contribution is -2.14. The van der Waals surface area contributed by atoms with Crippen molar-refractivity contribution in [3.63, 3.8) is 0 Å². The number of pyridine rings is 1. The lowest BCUT2D eigenvalue weighted by Gasteiger charge is -2.10. The zero-order chi connectivity index (χ0) is 18.6. The molecule has 0 aliphatic carbocycles. The van der Waals surface area contributed by atoms with Gasteiger partial charge in [-0.25, -0.2) is 9.67 Å². The van der Waals surface area contributed by atoms with Crippen LogP contribution in [0.4, 0.5) is 5.95 Å². The van der Waals surface area contributed by atoms with Crippen molar-refractivity contribution >= 4 is 17.0 Å². The number of hydrogen-bond donors (Lipinski definition) is 2. The lowest BCUT2D eigenvalue weighted by atomic mass is 10.2. The number of ether oxygens (including phenoxy) is 1. The first kappa shape index (κ1) is 16.8. The van der Waals surface area contributed by atoms with E-state index in [1.165, 1.54) is 6.20 Å². The maximum Gasteiger partial charge on any atom is 0.263 e. The molecule has 3 heterocycles. The van der Waals surface area contributed by atoms with Gasteiger partial charge < -0.3 is 10.1 Å². The van der Waals surface area contributed by atoms with Gasteiger partial charge in [0, 0.05) is 18.3 Å². The largest absolute Gasteiger partial charge is 0.478 e. The highest BCUT2D eigenvalue weighted by Crippen LogP contribution is 2.17. The SMILES string of the molecule is CCOc1ncccc1CNc1nc2c(cnn2-c2ccccc2)c(=O)[nH]1. The summed E-state index contributed by atoms with van der Waals surface area (Å²) >= 11 is 0. The van der Waals surface area contributed by atoms with Gasteiger partial charge in [-0.05, 0) is 25.1 Å². The molecule has 0 saturated carbocycles. The second kappa shape index (κ2) is 7.28. The molecule has 4 aromatic rings. The number of anilines is 1. The first-order valence-electron chi connectivity index (χ1n) is 8.60. The number of aromatic nitrogens is 5. The third kappa shape index (κ3) is 3.37. The molecular weight excluding hydrogens is 344 g/mol. The first-order valence-corrected chi connectivity index (χ1v) is 8.60. The van der Waals surface area contributed by atoms with Crippen LogP contribution < -0.4 is 15.6 Å². The zero-order valence-corrected chi connectivity index (χ0v) is 14.7. The van der Waals surface area contributed by atoms with Crippen molar-refractivity contribution in [3.8, 4) is 11.6 Å². The molecule has 27 heavy (non-hydrogen) atoms. The smallest absolute Gasteiger partial charge is 0.263 e. The zero-order valence-electron chi connectivity index (χ0n) is 14.7. The number of aromatic amines is 1. The highest BCUT2D eigenvalue weighted by Gasteiger charge is 2.12. The number of H-pyrrole nitrogens is 1. The monoisotopic (exact) mass is 362 g/mol. The van der Waals surface area contributed by atoms with E-state index in [4.69, 9.17) is 4.74 Å². The molecule has 1 aromatic carbocycles. The molecule has 0 aliphatic rings. The van der Waals surface area contributed by atoms with E-state index >= 15 is 0 Å². The Morgan fingerprint density at radius 2 is 2.04 bits per heavy atom. The molecule has 0 spiro atoms. The highest BCUT2D eigenvalue weighted by atomic mass is 16.5. The van der Waals surface area contributed by atoms with E-state index in [9.17, 15) is 4.79 Å². The van der Waals surface area contributed by atoms with Crippen molar-refractivity contribution in [1.29, 1.82) is 0 Å². The number of nitrogens with one attached hydrogen (secondary N) is 2. The molecule has 0 bridgehead atoms. The molecule has 2 N–H and O–H groups in total. The quantitative estimate of drug-likeness (QED) is 0.547. The van der Waals surface area contributed by atoms with Crippen molar-refractivity contribution in [3.05, 3.63) is 70.8 Å². The number of rotatable bonds is 6. The van der Waals surface area contributed by atoms with Gasteiger partial charge in [0.15, 0.2) is 5.65 Å². The Morgan fingerprint density at radius 3 is 2.85 bits per heavy atom. The maximum absolute atomic E-state index is 12.4. The van der Waals surface area contributed by atoms with Crippen molar-refractivity contribution < 1.29 is 4.74 Å². The molecule has 0 unspecified atom stereocenters. The number of fused-ring (bicyclic) bond motifs is 1. The Morgan fingerprint density at radius 1 is 1.19 bits per heavy atom. The van der Waals surface area contributed by atoms with E-state index in [0.717, 1.165) is 11.3 Å². The third-order valence-electron chi connectivity index (χ3n) is 4.02. The molecule has 0 fully saturated rings. The normalized spacial score (nSPS) is 10.9. The van der Waals surface area contributed by atoms with E-state index in [1.54, 1.807) is 10.9 Å². The Bertz CT molecular complexity index is 1120. The van der Waals surface area contributed by atoms with Gasteiger partial charge in [-0.3, -0.25) is 9.78 Å². The second-order valence-electron chi connectivity index (χ2n) is 5.80. The number of para-hydroxylation sites is 1. The van der Waals surface area contributed by atoms with Crippen LogP contribution in [0.25, 0.3) is 16.7 Å². The summed E-state index contributed by atoms with van der Waals surface area (Å²) < 4.78 is 7.17. The van der Waals surface area contributed by atoms with Gasteiger partial charge in [0.2, 0.25) is 11.8 Å². The summed E-state index contributed by atoms with van der Waals surface area (Å²) in [5.74, 6) is 0.918. The van der Waals surface area contributed by atoms with Crippen LogP contribution in [0.2, 0.25) is 0 Å². The van der Waals surface area contributed by atoms with Crippen molar-refractivity contribution in [2.45, 2.75) is 13.5 Å². The summed E-state index contributed by atoms with van der Waals surface area (Å²) in [5, 5.41) is 7.87. The van der Waals surface area contributed by atoms with Crippen molar-refractivity contribution in [2.24, 2.45) is 0 Å². The molecule has 0 aliphatic heterocycles. The minimum absolute atomic E-state index is 0.249. The maximum atomic E-state index is 12.4. The molecule has 4 rings (SSSR count). The Balaban J connectivity index is 1.66. The summed E-state index contributed by atoms with van der Waals surface area (Å²) in [4.78, 5) is 23.9. The van der Waals surface area contributed by atoms with Gasteiger partial charge >= 0.3 is 0 Å². The fraction of sp³-hybridized carbons (Fsp3) is 0.158. The molecule has 8 nitrogen and oxygen atoms in total. The summed E-state index contributed by atoms with van der Waals surface area (Å²) in [6.07, 6.45) is 3.20. The minimum atomic E-state index is -0.249. The van der Waals surface area contributed by atoms with Gasteiger partial charge in [-0.2, -0.15) is 10.1 Å². The third-order valence-corrected chi connectivity index (χ3v) is 4.02. The van der Waals surface area contributed by atoms with Gasteiger partial charge in [-0.15, -0.1) is 0 Å². The van der Waals surface area contributed by atoms with E-state index in [0.29, 0.717) is 36.0 Å². The number of hydrogen-bond acceptors (Lipinski definition) is 6. The highest BCUT2D eigenvalue weighted by molar-refractivity contribution is 5.76. The molecule has 136 valence electrons. The van der Waals surface area contributed by atoms with Crippen LogP contribution >= 0.6 is 0 Å². The lowest BCUT2D eigenvalue weighted by molar-refractivity contribution is 0.323. The number of nitrogens with zero attached hydrogens (tertiary/aromatic N) is 4. The standard InChI is InChI=1S/C19H18N6O2/c1-2-27-18-13(7-6-10-20-18)11-21-19-23-16-15(17(26)24-19)12-22-25(16)14-8-4-3-5-9-14/h3-10,12H,2,11H2,1H3,(H2,21,23,24,26). The molecular formula is C19H18N6O2. The summed E-state index contributed by atoms with van der Waals surface area (Å²) in [5.41, 5.74) is 1.95. The first-order chi connectivity index (χ1) is 13.3. The van der Waals surface area contributed by atoms with Crippen LogP contribution in [0.1, 0.15) is 12.5 Å². The molecule has 3 aromatic heterocycles. The van der Waals surface area contributed by atoms with E-state index in [2.05, 4.69) is 25.4 Å². The van der Waals surface area contributed by atoms with Crippen molar-refractivity contribution in [1.82, 2.24) is 24.7 Å². The van der Waals surface area contributed by atoms with Crippen LogP contribution in [0.5, 0.6) is 5.88 Å². The molecule has 0 saturated heterocycles. The Labute approximate surface area is 154 Å². The fourth-order valence-corrected chi connectivity index (χ4v) is 2.76. The van der Waals surface area contributed by atoms with Crippen LogP contribution in [0.3, 0.4) is 0 Å². The molecule has 0 amide bonds. The summed E-state index contributed by atoms with van der Waals surface area (Å²) in [6, 6.07) is 13.3. The average molecular weight is 362 g/mol. The fourth-order valence-electron chi connectivity index (χ4n) is 2.76. The second-order valence-corrected chi connectivity index (χ2v) is 5.80. The molecule has 0 atom stereocenters. The number of benzene rings is 1. The predicted octanol–water partition coefficient (Wildman–Crippen LogP) is 2.51. The van der Waals surface area contributed by atoms with Crippen molar-refractivity contribution in [2.75, 3.05) is 11.9 Å². The van der Waals surface area contributed by atoms with Crippen LogP contribution in [-0.2, 0) is 6.54 Å². The van der Waals surface area contributed by atoms with Gasteiger partial charge in [0.05, 0.1) is 18.5 Å². The Kier molecular flexibility index (Phi) is 4.52. The summed E-state index contributed by atoms with van der Waals surface area (Å²) in [6.45, 7) is 2.85. The van der Waals surface area contributed by atoms with Gasteiger partial charge in [0.25, 0.3) is 5.56 Å². The molecule has 8 heteroatoms. The van der Waals surface area contributed by atoms with Crippen LogP contribution in [0.15, 0.2) is 59.7 Å². The van der Waals surface area contributed by atoms with E-state index < -0.39 is 0 Å². The molecule has 0 radical (unpaired) electrons. The van der Waals surface area contributed by atoms with Crippen LogP contribution in [-0.4, -0.2) is 31.3 Å².